The first kappa shape index (κ1) is 15.3. The number of aliphatic hydroxyl groups is 1. The van der Waals surface area contributed by atoms with Gasteiger partial charge in [0.05, 0.1) is 17.2 Å². The van der Waals surface area contributed by atoms with Crippen LogP contribution in [0.5, 0.6) is 5.75 Å². The van der Waals surface area contributed by atoms with E-state index < -0.39 is 11.7 Å². The quantitative estimate of drug-likeness (QED) is 0.864. The summed E-state index contributed by atoms with van der Waals surface area (Å²) >= 11 is 0. The van der Waals surface area contributed by atoms with Crippen molar-refractivity contribution < 1.29 is 14.6 Å². The predicted molar refractivity (Wildman–Crippen MR) is 77.7 cm³/mol. The Kier molecular flexibility index (Phi) is 4.81. The van der Waals surface area contributed by atoms with Crippen LogP contribution in [0.1, 0.15) is 38.2 Å². The normalized spacial score (nSPS) is 17.8. The van der Waals surface area contributed by atoms with Gasteiger partial charge in [0, 0.05) is 6.54 Å². The lowest BCUT2D eigenvalue weighted by molar-refractivity contribution is -0.128. The van der Waals surface area contributed by atoms with Gasteiger partial charge in [-0.15, -0.1) is 0 Å². The summed E-state index contributed by atoms with van der Waals surface area (Å²) in [6, 6.07) is 8.62. The minimum absolute atomic E-state index is 0.250. The molecule has 21 heavy (non-hydrogen) atoms. The monoisotopic (exact) mass is 288 g/mol. The van der Waals surface area contributed by atoms with E-state index in [9.17, 15) is 9.90 Å². The summed E-state index contributed by atoms with van der Waals surface area (Å²) in [6.45, 7) is 1.93. The molecule has 0 radical (unpaired) electrons. The Bertz CT molecular complexity index is 527. The van der Waals surface area contributed by atoms with Crippen molar-refractivity contribution in [3.05, 3.63) is 29.8 Å². The number of hydrogen-bond donors (Lipinski definition) is 2. The van der Waals surface area contributed by atoms with Crippen molar-refractivity contribution in [3.8, 4) is 11.8 Å². The summed E-state index contributed by atoms with van der Waals surface area (Å²) in [4.78, 5) is 12.0. The predicted octanol–water partition coefficient (Wildman–Crippen LogP) is 1.75. The van der Waals surface area contributed by atoms with Crippen molar-refractivity contribution in [2.24, 2.45) is 0 Å². The van der Waals surface area contributed by atoms with Gasteiger partial charge < -0.3 is 15.2 Å². The SMILES string of the molecule is CC(Oc1ccc(C#N)cc1)C(=O)NCC1(O)CCCC1. The van der Waals surface area contributed by atoms with Crippen molar-refractivity contribution in [1.82, 2.24) is 5.32 Å². The number of carbonyl (C=O) groups is 1. The maximum atomic E-state index is 12.0. The molecule has 2 N–H and O–H groups in total. The minimum atomic E-state index is -0.760. The third-order valence-corrected chi connectivity index (χ3v) is 3.79. The summed E-state index contributed by atoms with van der Waals surface area (Å²) in [7, 11) is 0. The lowest BCUT2D eigenvalue weighted by Crippen LogP contribution is -2.45. The van der Waals surface area contributed by atoms with Gasteiger partial charge in [0.2, 0.25) is 0 Å². The van der Waals surface area contributed by atoms with Gasteiger partial charge in [-0.25, -0.2) is 0 Å². The lowest BCUT2D eigenvalue weighted by atomic mass is 10.0. The third kappa shape index (κ3) is 4.20. The molecule has 0 heterocycles. The van der Waals surface area contributed by atoms with E-state index in [1.807, 2.05) is 6.07 Å². The largest absolute Gasteiger partial charge is 0.481 e. The maximum absolute atomic E-state index is 12.0. The molecule has 1 amide bonds. The van der Waals surface area contributed by atoms with Crippen LogP contribution >= 0.6 is 0 Å². The zero-order valence-corrected chi connectivity index (χ0v) is 12.1. The maximum Gasteiger partial charge on any atom is 0.260 e. The first-order chi connectivity index (χ1) is 10.0. The van der Waals surface area contributed by atoms with Gasteiger partial charge in [0.15, 0.2) is 6.10 Å². The molecule has 1 unspecified atom stereocenters. The van der Waals surface area contributed by atoms with E-state index in [0.717, 1.165) is 25.7 Å². The average molecular weight is 288 g/mol. The van der Waals surface area contributed by atoms with Gasteiger partial charge in [-0.1, -0.05) is 12.8 Å². The number of rotatable bonds is 5. The van der Waals surface area contributed by atoms with Gasteiger partial charge in [-0.2, -0.15) is 5.26 Å². The molecular weight excluding hydrogens is 268 g/mol. The molecule has 2 rings (SSSR count). The molecule has 0 saturated heterocycles. The zero-order valence-electron chi connectivity index (χ0n) is 12.1. The molecule has 1 aromatic carbocycles. The van der Waals surface area contributed by atoms with Crippen molar-refractivity contribution in [3.63, 3.8) is 0 Å². The minimum Gasteiger partial charge on any atom is -0.481 e. The van der Waals surface area contributed by atoms with E-state index in [1.54, 1.807) is 31.2 Å². The second kappa shape index (κ2) is 6.59. The van der Waals surface area contributed by atoms with Crippen LogP contribution in [-0.4, -0.2) is 29.3 Å². The molecule has 112 valence electrons. The van der Waals surface area contributed by atoms with Gasteiger partial charge in [-0.3, -0.25) is 4.79 Å². The fourth-order valence-corrected chi connectivity index (χ4v) is 2.47. The topological polar surface area (TPSA) is 82.3 Å². The fraction of sp³-hybridized carbons (Fsp3) is 0.500. The van der Waals surface area contributed by atoms with E-state index in [4.69, 9.17) is 10.00 Å². The van der Waals surface area contributed by atoms with Crippen molar-refractivity contribution in [2.45, 2.75) is 44.3 Å². The Balaban J connectivity index is 1.83. The standard InChI is InChI=1S/C16H20N2O3/c1-12(21-14-6-4-13(10-17)5-7-14)15(19)18-11-16(20)8-2-3-9-16/h4-7,12,20H,2-3,8-9,11H2,1H3,(H,18,19). The number of nitriles is 1. The highest BCUT2D eigenvalue weighted by atomic mass is 16.5. The van der Waals surface area contributed by atoms with Crippen LogP contribution in [0.15, 0.2) is 24.3 Å². The molecule has 0 aliphatic heterocycles. The highest BCUT2D eigenvalue weighted by molar-refractivity contribution is 5.80. The molecule has 1 saturated carbocycles. The summed E-state index contributed by atoms with van der Waals surface area (Å²) in [6.07, 6.45) is 2.83. The highest BCUT2D eigenvalue weighted by Crippen LogP contribution is 2.28. The number of nitrogens with one attached hydrogen (secondary N) is 1. The summed E-state index contributed by atoms with van der Waals surface area (Å²) < 4.78 is 5.52. The van der Waals surface area contributed by atoms with Gasteiger partial charge in [-0.05, 0) is 44.0 Å². The molecular formula is C16H20N2O3. The molecule has 1 fully saturated rings. The number of carbonyl (C=O) groups excluding carboxylic acids is 1. The molecule has 0 spiro atoms. The number of ether oxygens (including phenoxy) is 1. The molecule has 1 aliphatic carbocycles. The van der Waals surface area contributed by atoms with Crippen molar-refractivity contribution in [2.75, 3.05) is 6.54 Å². The second-order valence-electron chi connectivity index (χ2n) is 5.55. The number of amides is 1. The Morgan fingerprint density at radius 2 is 2.05 bits per heavy atom. The Hall–Kier alpha value is -2.06. The smallest absolute Gasteiger partial charge is 0.260 e. The molecule has 1 aliphatic rings. The van der Waals surface area contributed by atoms with Crippen LogP contribution in [0.25, 0.3) is 0 Å². The van der Waals surface area contributed by atoms with Crippen LogP contribution in [-0.2, 0) is 4.79 Å². The summed E-state index contributed by atoms with van der Waals surface area (Å²) in [5.74, 6) is 0.288. The van der Waals surface area contributed by atoms with E-state index >= 15 is 0 Å². The second-order valence-corrected chi connectivity index (χ2v) is 5.55. The Morgan fingerprint density at radius 3 is 2.62 bits per heavy atom. The summed E-state index contributed by atoms with van der Waals surface area (Å²) in [5, 5.41) is 21.6. The van der Waals surface area contributed by atoms with Crippen LogP contribution in [0, 0.1) is 11.3 Å². The van der Waals surface area contributed by atoms with E-state index in [2.05, 4.69) is 5.32 Å². The highest BCUT2D eigenvalue weighted by Gasteiger charge is 2.31. The Morgan fingerprint density at radius 1 is 1.43 bits per heavy atom. The van der Waals surface area contributed by atoms with Gasteiger partial charge in [0.1, 0.15) is 5.75 Å². The van der Waals surface area contributed by atoms with Crippen molar-refractivity contribution >= 4 is 5.91 Å². The molecule has 1 aromatic rings. The Labute approximate surface area is 124 Å². The number of nitrogens with zero attached hydrogens (tertiary/aromatic N) is 1. The number of hydrogen-bond acceptors (Lipinski definition) is 4. The fourth-order valence-electron chi connectivity index (χ4n) is 2.47. The molecule has 0 aromatic heterocycles. The third-order valence-electron chi connectivity index (χ3n) is 3.79. The number of benzene rings is 1. The van der Waals surface area contributed by atoms with E-state index in [0.29, 0.717) is 11.3 Å². The lowest BCUT2D eigenvalue weighted by Gasteiger charge is -2.23. The summed E-state index contributed by atoms with van der Waals surface area (Å²) in [5.41, 5.74) is -0.216. The average Bonchev–Trinajstić information content (AvgIpc) is 2.93. The first-order valence-electron chi connectivity index (χ1n) is 7.19. The van der Waals surface area contributed by atoms with Crippen LogP contribution in [0.2, 0.25) is 0 Å². The van der Waals surface area contributed by atoms with Crippen LogP contribution < -0.4 is 10.1 Å². The van der Waals surface area contributed by atoms with Crippen molar-refractivity contribution in [1.29, 1.82) is 5.26 Å². The zero-order chi connectivity index (χ0) is 15.3. The van der Waals surface area contributed by atoms with Gasteiger partial charge in [0.25, 0.3) is 5.91 Å². The first-order valence-corrected chi connectivity index (χ1v) is 7.19. The molecule has 0 bridgehead atoms. The van der Waals surface area contributed by atoms with E-state index in [-0.39, 0.29) is 12.5 Å². The van der Waals surface area contributed by atoms with Crippen LogP contribution in [0.4, 0.5) is 0 Å². The molecule has 5 heteroatoms. The molecule has 5 nitrogen and oxygen atoms in total. The van der Waals surface area contributed by atoms with Crippen LogP contribution in [0.3, 0.4) is 0 Å². The van der Waals surface area contributed by atoms with Gasteiger partial charge >= 0.3 is 0 Å². The van der Waals surface area contributed by atoms with E-state index in [1.165, 1.54) is 0 Å². The molecule has 1 atom stereocenters.